The number of carbonyl (C=O) groups is 1. The summed E-state index contributed by atoms with van der Waals surface area (Å²) in [5.41, 5.74) is 9.04. The van der Waals surface area contributed by atoms with Crippen LogP contribution < -0.4 is 0 Å². The maximum Gasteiger partial charge on any atom is 0.144 e. The molecule has 0 aromatic heterocycles. The largest absolute Gasteiger partial charge is 0.299 e. The number of hydrogen-bond acceptors (Lipinski definition) is 1. The van der Waals surface area contributed by atoms with E-state index in [2.05, 4.69) is 69.0 Å². The fraction of sp³-hybridized carbons (Fsp3) is 0.320. The molecule has 0 bridgehead atoms. The fourth-order valence-corrected chi connectivity index (χ4v) is 4.34. The van der Waals surface area contributed by atoms with Crippen LogP contribution in [0.2, 0.25) is 0 Å². The molecule has 132 valence electrons. The molecule has 4 rings (SSSR count). The van der Waals surface area contributed by atoms with Gasteiger partial charge in [-0.25, -0.2) is 0 Å². The third kappa shape index (κ3) is 3.07. The van der Waals surface area contributed by atoms with Crippen molar-refractivity contribution in [2.75, 3.05) is 0 Å². The number of fused-ring (bicyclic) bond motifs is 2. The molecule has 0 saturated heterocycles. The summed E-state index contributed by atoms with van der Waals surface area (Å²) in [4.78, 5) is 13.0. The molecule has 2 aromatic rings. The molecule has 0 amide bonds. The second-order valence-electron chi connectivity index (χ2n) is 7.89. The normalized spacial score (nSPS) is 19.5. The Kier molecular flexibility index (Phi) is 4.40. The Labute approximate surface area is 156 Å². The van der Waals surface area contributed by atoms with Crippen LogP contribution in [0.1, 0.15) is 66.3 Å². The minimum atomic E-state index is -0.0607. The van der Waals surface area contributed by atoms with E-state index in [1.807, 2.05) is 0 Å². The Hall–Kier alpha value is -2.41. The molecule has 1 nitrogen and oxygen atoms in total. The summed E-state index contributed by atoms with van der Waals surface area (Å²) in [6, 6.07) is 15.1. The molecule has 2 atom stereocenters. The first kappa shape index (κ1) is 17.0. The van der Waals surface area contributed by atoms with E-state index in [0.717, 1.165) is 24.8 Å². The molecule has 0 radical (unpaired) electrons. The highest BCUT2D eigenvalue weighted by molar-refractivity contribution is 5.96. The van der Waals surface area contributed by atoms with E-state index in [9.17, 15) is 4.79 Å². The van der Waals surface area contributed by atoms with E-state index in [1.54, 1.807) is 0 Å². The smallest absolute Gasteiger partial charge is 0.144 e. The van der Waals surface area contributed by atoms with Crippen LogP contribution in [-0.4, -0.2) is 5.78 Å². The summed E-state index contributed by atoms with van der Waals surface area (Å²) in [6.07, 6.45) is 5.89. The summed E-state index contributed by atoms with van der Waals surface area (Å²) < 4.78 is 0. The second kappa shape index (κ2) is 6.72. The number of hydrogen-bond donors (Lipinski definition) is 0. The predicted octanol–water partition coefficient (Wildman–Crippen LogP) is 5.99. The summed E-state index contributed by atoms with van der Waals surface area (Å²) >= 11 is 0. The Morgan fingerprint density at radius 3 is 2.81 bits per heavy atom. The SMILES string of the molecule is C=C1CCc2cc(C(C)C(=O)CC3=CC(C)c4ccccc43)ccc2C1. The summed E-state index contributed by atoms with van der Waals surface area (Å²) in [5, 5.41) is 0. The lowest BCUT2D eigenvalue weighted by Gasteiger charge is -2.20. The first-order valence-electron chi connectivity index (χ1n) is 9.64. The molecule has 0 fully saturated rings. The van der Waals surface area contributed by atoms with E-state index in [1.165, 1.54) is 33.4 Å². The van der Waals surface area contributed by atoms with Gasteiger partial charge in [0.25, 0.3) is 0 Å². The summed E-state index contributed by atoms with van der Waals surface area (Å²) in [6.45, 7) is 8.38. The van der Waals surface area contributed by atoms with Crippen LogP contribution >= 0.6 is 0 Å². The van der Waals surface area contributed by atoms with Crippen LogP contribution in [0.25, 0.3) is 5.57 Å². The molecule has 0 N–H and O–H groups in total. The van der Waals surface area contributed by atoms with E-state index < -0.39 is 0 Å². The number of benzene rings is 2. The minimum absolute atomic E-state index is 0.0607. The van der Waals surface area contributed by atoms with Crippen molar-refractivity contribution in [3.05, 3.63) is 88.5 Å². The van der Waals surface area contributed by atoms with E-state index in [0.29, 0.717) is 18.1 Å². The van der Waals surface area contributed by atoms with E-state index >= 15 is 0 Å². The van der Waals surface area contributed by atoms with Crippen LogP contribution in [0.4, 0.5) is 0 Å². The number of carbonyl (C=O) groups excluding carboxylic acids is 1. The highest BCUT2D eigenvalue weighted by Gasteiger charge is 2.24. The number of Topliss-reactive ketones (excluding diaryl/α,β-unsaturated/α-hetero) is 1. The number of aryl methyl sites for hydroxylation is 1. The number of ketones is 1. The van der Waals surface area contributed by atoms with Gasteiger partial charge in [0.05, 0.1) is 0 Å². The molecule has 0 saturated carbocycles. The van der Waals surface area contributed by atoms with E-state index in [4.69, 9.17) is 0 Å². The van der Waals surface area contributed by atoms with Crippen LogP contribution in [0.3, 0.4) is 0 Å². The molecule has 0 aliphatic heterocycles. The topological polar surface area (TPSA) is 17.1 Å². The van der Waals surface area contributed by atoms with Crippen molar-refractivity contribution < 1.29 is 4.79 Å². The Morgan fingerprint density at radius 2 is 1.96 bits per heavy atom. The quantitative estimate of drug-likeness (QED) is 0.623. The predicted molar refractivity (Wildman–Crippen MR) is 108 cm³/mol. The van der Waals surface area contributed by atoms with E-state index in [-0.39, 0.29) is 5.92 Å². The van der Waals surface area contributed by atoms with Gasteiger partial charge in [0, 0.05) is 18.3 Å². The van der Waals surface area contributed by atoms with Crippen LogP contribution in [0.15, 0.2) is 60.7 Å². The molecule has 0 spiro atoms. The van der Waals surface area contributed by atoms with Gasteiger partial charge < -0.3 is 0 Å². The van der Waals surface area contributed by atoms with Crippen LogP contribution in [-0.2, 0) is 17.6 Å². The Balaban J connectivity index is 1.53. The van der Waals surface area contributed by atoms with Gasteiger partial charge in [-0.2, -0.15) is 0 Å². The van der Waals surface area contributed by atoms with Gasteiger partial charge in [-0.05, 0) is 52.7 Å². The highest BCUT2D eigenvalue weighted by atomic mass is 16.1. The Bertz CT molecular complexity index is 916. The van der Waals surface area contributed by atoms with Crippen molar-refractivity contribution in [3.63, 3.8) is 0 Å². The number of rotatable bonds is 4. The molecule has 26 heavy (non-hydrogen) atoms. The van der Waals surface area contributed by atoms with Gasteiger partial charge in [-0.3, -0.25) is 4.79 Å². The van der Waals surface area contributed by atoms with Crippen molar-refractivity contribution in [2.45, 2.75) is 51.4 Å². The van der Waals surface area contributed by atoms with Gasteiger partial charge in [0.1, 0.15) is 5.78 Å². The zero-order valence-electron chi connectivity index (χ0n) is 15.7. The lowest BCUT2D eigenvalue weighted by Crippen LogP contribution is -2.12. The average molecular weight is 342 g/mol. The fourth-order valence-electron chi connectivity index (χ4n) is 4.34. The maximum atomic E-state index is 13.0. The van der Waals surface area contributed by atoms with Crippen LogP contribution in [0.5, 0.6) is 0 Å². The van der Waals surface area contributed by atoms with Crippen molar-refractivity contribution in [2.24, 2.45) is 0 Å². The molecule has 2 aliphatic carbocycles. The van der Waals surface area contributed by atoms with Crippen LogP contribution in [0, 0.1) is 0 Å². The van der Waals surface area contributed by atoms with Crippen molar-refractivity contribution in [3.8, 4) is 0 Å². The van der Waals surface area contributed by atoms with Gasteiger partial charge in [0.15, 0.2) is 0 Å². The van der Waals surface area contributed by atoms with Crippen molar-refractivity contribution >= 4 is 11.4 Å². The van der Waals surface area contributed by atoms with Gasteiger partial charge in [0.2, 0.25) is 0 Å². The van der Waals surface area contributed by atoms with Gasteiger partial charge in [-0.15, -0.1) is 0 Å². The highest BCUT2D eigenvalue weighted by Crippen LogP contribution is 2.38. The monoisotopic (exact) mass is 342 g/mol. The minimum Gasteiger partial charge on any atom is -0.299 e. The lowest BCUT2D eigenvalue weighted by atomic mass is 9.84. The third-order valence-corrected chi connectivity index (χ3v) is 6.01. The van der Waals surface area contributed by atoms with Gasteiger partial charge in [-0.1, -0.05) is 74.5 Å². The van der Waals surface area contributed by atoms with Crippen molar-refractivity contribution in [1.82, 2.24) is 0 Å². The average Bonchev–Trinajstić information content (AvgIpc) is 2.96. The standard InChI is InChI=1S/C25H26O/c1-16-8-9-21-14-19(10-11-20(21)12-16)18(3)25(26)15-22-13-17(2)23-6-4-5-7-24(22)23/h4-7,10-11,13-14,17-18H,1,8-9,12,15H2,2-3H3. The molecule has 0 heterocycles. The molecule has 2 unspecified atom stereocenters. The lowest BCUT2D eigenvalue weighted by molar-refractivity contribution is -0.119. The van der Waals surface area contributed by atoms with Gasteiger partial charge >= 0.3 is 0 Å². The molecule has 2 aliphatic rings. The zero-order valence-corrected chi connectivity index (χ0v) is 15.7. The molecule has 2 aromatic carbocycles. The second-order valence-corrected chi connectivity index (χ2v) is 7.89. The zero-order chi connectivity index (χ0) is 18.3. The molecular formula is C25H26O. The molecule has 1 heteroatoms. The first-order valence-corrected chi connectivity index (χ1v) is 9.64. The summed E-state index contributed by atoms with van der Waals surface area (Å²) in [5.74, 6) is 0.649. The molecular weight excluding hydrogens is 316 g/mol. The maximum absolute atomic E-state index is 13.0. The first-order chi connectivity index (χ1) is 12.5. The third-order valence-electron chi connectivity index (χ3n) is 6.01. The van der Waals surface area contributed by atoms with Crippen molar-refractivity contribution in [1.29, 1.82) is 0 Å². The number of allylic oxidation sites excluding steroid dienone is 3. The Morgan fingerprint density at radius 1 is 1.15 bits per heavy atom. The summed E-state index contributed by atoms with van der Waals surface area (Å²) in [7, 11) is 0.